The standard InChI is InChI=1S/C24H20N5O2/c1-24(2,3)22(31)29-23-27-19-12-11-16-17(20(19)21(30)28-23)5-4-6-18(16)26-15-9-7-14(13-25)8-10-15/h4-12,26H,1-3H3,(H,27,29,31). The lowest BCUT2D eigenvalue weighted by Crippen LogP contribution is -2.45. The van der Waals surface area contributed by atoms with Gasteiger partial charge >= 0.3 is 0 Å². The average Bonchev–Trinajstić information content (AvgIpc) is 2.73. The van der Waals surface area contributed by atoms with Crippen LogP contribution in [0.25, 0.3) is 10.8 Å². The monoisotopic (exact) mass is 410 g/mol. The minimum absolute atomic E-state index is 0.00337. The van der Waals surface area contributed by atoms with E-state index in [9.17, 15) is 9.59 Å². The van der Waals surface area contributed by atoms with E-state index in [1.54, 1.807) is 39.0 Å². The first-order valence-corrected chi connectivity index (χ1v) is 9.75. The van der Waals surface area contributed by atoms with E-state index in [0.717, 1.165) is 22.1 Å². The maximum absolute atomic E-state index is 12.8. The summed E-state index contributed by atoms with van der Waals surface area (Å²) in [4.78, 5) is 29.4. The van der Waals surface area contributed by atoms with Crippen molar-refractivity contribution in [2.75, 3.05) is 5.32 Å². The van der Waals surface area contributed by atoms with E-state index in [2.05, 4.69) is 27.0 Å². The Morgan fingerprint density at radius 3 is 2.42 bits per heavy atom. The molecule has 2 amide bonds. The molecule has 7 heteroatoms. The van der Waals surface area contributed by atoms with Gasteiger partial charge in [-0.1, -0.05) is 39.0 Å². The molecule has 7 nitrogen and oxygen atoms in total. The Hall–Kier alpha value is -4.18. The van der Waals surface area contributed by atoms with Crippen molar-refractivity contribution in [2.24, 2.45) is 10.4 Å². The quantitative estimate of drug-likeness (QED) is 0.654. The van der Waals surface area contributed by atoms with Crippen LogP contribution in [0.5, 0.6) is 0 Å². The van der Waals surface area contributed by atoms with Crippen LogP contribution in [-0.2, 0) is 4.79 Å². The van der Waals surface area contributed by atoms with Crippen LogP contribution in [0.3, 0.4) is 0 Å². The molecule has 0 atom stereocenters. The molecule has 0 spiro atoms. The lowest BCUT2D eigenvalue weighted by molar-refractivity contribution is -0.127. The Morgan fingerprint density at radius 1 is 1.00 bits per heavy atom. The third-order valence-electron chi connectivity index (χ3n) is 4.89. The molecule has 0 unspecified atom stereocenters. The van der Waals surface area contributed by atoms with Gasteiger partial charge in [0.2, 0.25) is 11.9 Å². The number of nitrogens with zero attached hydrogens (tertiary/aromatic N) is 3. The SMILES string of the molecule is CC(C)(C)C(=O)NC1=Nc2ccc3c(Nc4ccc(C#N)cc4)cccc3c2C(=O)[N]1. The van der Waals surface area contributed by atoms with Gasteiger partial charge in [-0.15, -0.1) is 0 Å². The Morgan fingerprint density at radius 2 is 1.74 bits per heavy atom. The van der Waals surface area contributed by atoms with Gasteiger partial charge < -0.3 is 5.32 Å². The molecular formula is C24H20N5O2. The first-order chi connectivity index (χ1) is 14.8. The molecule has 31 heavy (non-hydrogen) atoms. The van der Waals surface area contributed by atoms with E-state index < -0.39 is 11.3 Å². The lowest BCUT2D eigenvalue weighted by atomic mass is 9.96. The predicted octanol–water partition coefficient (Wildman–Crippen LogP) is 4.36. The molecule has 0 aromatic heterocycles. The second-order valence-corrected chi connectivity index (χ2v) is 8.23. The van der Waals surface area contributed by atoms with Gasteiger partial charge in [0.05, 0.1) is 22.9 Å². The minimum atomic E-state index is -0.628. The highest BCUT2D eigenvalue weighted by molar-refractivity contribution is 6.21. The number of nitrogens with one attached hydrogen (secondary N) is 2. The van der Waals surface area contributed by atoms with Crippen LogP contribution in [0.1, 0.15) is 36.7 Å². The van der Waals surface area contributed by atoms with Gasteiger partial charge in [-0.3, -0.25) is 14.9 Å². The van der Waals surface area contributed by atoms with E-state index in [1.165, 1.54) is 0 Å². The smallest absolute Gasteiger partial charge is 0.283 e. The van der Waals surface area contributed by atoms with Gasteiger partial charge in [0, 0.05) is 22.2 Å². The number of aliphatic imine (C=N–C) groups is 1. The highest BCUT2D eigenvalue weighted by Crippen LogP contribution is 2.35. The molecule has 1 aliphatic rings. The molecule has 1 aliphatic heterocycles. The maximum Gasteiger partial charge on any atom is 0.283 e. The Balaban J connectivity index is 1.71. The molecule has 0 saturated carbocycles. The van der Waals surface area contributed by atoms with Gasteiger partial charge in [-0.25, -0.2) is 4.99 Å². The van der Waals surface area contributed by atoms with Crippen molar-refractivity contribution in [3.63, 3.8) is 0 Å². The number of guanidine groups is 1. The molecule has 1 radical (unpaired) electrons. The van der Waals surface area contributed by atoms with Crippen LogP contribution in [0.15, 0.2) is 59.6 Å². The largest absolute Gasteiger partial charge is 0.355 e. The summed E-state index contributed by atoms with van der Waals surface area (Å²) >= 11 is 0. The van der Waals surface area contributed by atoms with Gasteiger partial charge in [0.15, 0.2) is 0 Å². The predicted molar refractivity (Wildman–Crippen MR) is 120 cm³/mol. The summed E-state index contributed by atoms with van der Waals surface area (Å²) in [6.45, 7) is 5.33. The van der Waals surface area contributed by atoms with Crippen molar-refractivity contribution in [1.82, 2.24) is 10.6 Å². The fourth-order valence-corrected chi connectivity index (χ4v) is 3.19. The zero-order valence-electron chi connectivity index (χ0n) is 17.4. The Labute approximate surface area is 179 Å². The summed E-state index contributed by atoms with van der Waals surface area (Å²) in [6, 6.07) is 18.5. The van der Waals surface area contributed by atoms with E-state index in [4.69, 9.17) is 5.26 Å². The third-order valence-corrected chi connectivity index (χ3v) is 4.89. The van der Waals surface area contributed by atoms with E-state index in [1.807, 2.05) is 36.4 Å². The number of nitriles is 1. The number of carbonyl (C=O) groups excluding carboxylic acids is 2. The lowest BCUT2D eigenvalue weighted by Gasteiger charge is -2.21. The van der Waals surface area contributed by atoms with Gasteiger partial charge in [-0.05, 0) is 41.8 Å². The molecule has 0 fully saturated rings. The second-order valence-electron chi connectivity index (χ2n) is 8.23. The molecule has 1 heterocycles. The van der Waals surface area contributed by atoms with Crippen LogP contribution in [0.4, 0.5) is 17.1 Å². The molecule has 3 aromatic carbocycles. The summed E-state index contributed by atoms with van der Waals surface area (Å²) in [5, 5.41) is 20.5. The molecular weight excluding hydrogens is 390 g/mol. The van der Waals surface area contributed by atoms with Gasteiger partial charge in [-0.2, -0.15) is 10.6 Å². The number of hydrogen-bond donors (Lipinski definition) is 2. The molecule has 0 aliphatic carbocycles. The minimum Gasteiger partial charge on any atom is -0.355 e. The number of carbonyl (C=O) groups is 2. The summed E-state index contributed by atoms with van der Waals surface area (Å²) < 4.78 is 0. The fourth-order valence-electron chi connectivity index (χ4n) is 3.19. The Bertz CT molecular complexity index is 1280. The van der Waals surface area contributed by atoms with Crippen molar-refractivity contribution in [2.45, 2.75) is 20.8 Å². The summed E-state index contributed by atoms with van der Waals surface area (Å²) in [5.74, 6) is -0.708. The highest BCUT2D eigenvalue weighted by atomic mass is 16.2. The first-order valence-electron chi connectivity index (χ1n) is 9.75. The molecule has 4 rings (SSSR count). The third kappa shape index (κ3) is 3.96. The van der Waals surface area contributed by atoms with Crippen LogP contribution in [0, 0.1) is 16.7 Å². The van der Waals surface area contributed by atoms with E-state index in [-0.39, 0.29) is 11.9 Å². The zero-order valence-corrected chi connectivity index (χ0v) is 17.4. The van der Waals surface area contributed by atoms with Crippen molar-refractivity contribution in [1.29, 1.82) is 5.26 Å². The van der Waals surface area contributed by atoms with Gasteiger partial charge in [0.25, 0.3) is 5.91 Å². The van der Waals surface area contributed by atoms with Crippen LogP contribution < -0.4 is 16.0 Å². The maximum atomic E-state index is 12.8. The topological polar surface area (TPSA) is 108 Å². The van der Waals surface area contributed by atoms with Crippen molar-refractivity contribution in [3.8, 4) is 6.07 Å². The van der Waals surface area contributed by atoms with Crippen LogP contribution >= 0.6 is 0 Å². The highest BCUT2D eigenvalue weighted by Gasteiger charge is 2.28. The van der Waals surface area contributed by atoms with Crippen LogP contribution in [-0.4, -0.2) is 17.8 Å². The molecule has 0 saturated heterocycles. The number of amides is 2. The second kappa shape index (κ2) is 7.58. The normalized spacial score (nSPS) is 13.0. The Kier molecular flexibility index (Phi) is 4.91. The van der Waals surface area contributed by atoms with E-state index in [0.29, 0.717) is 16.8 Å². The number of rotatable bonds is 2. The van der Waals surface area contributed by atoms with Crippen LogP contribution in [0.2, 0.25) is 0 Å². The van der Waals surface area contributed by atoms with Crippen molar-refractivity contribution in [3.05, 3.63) is 65.7 Å². The summed E-state index contributed by atoms with van der Waals surface area (Å²) in [7, 11) is 0. The summed E-state index contributed by atoms with van der Waals surface area (Å²) in [5.41, 5.74) is 2.45. The molecule has 2 N–H and O–H groups in total. The number of fused-ring (bicyclic) bond motifs is 3. The molecule has 0 bridgehead atoms. The summed E-state index contributed by atoms with van der Waals surface area (Å²) in [6.07, 6.45) is 0. The first kappa shape index (κ1) is 20.1. The zero-order chi connectivity index (χ0) is 22.2. The number of benzene rings is 3. The number of anilines is 2. The number of hydrogen-bond acceptors (Lipinski definition) is 5. The van der Waals surface area contributed by atoms with Crippen molar-refractivity contribution < 1.29 is 9.59 Å². The fraction of sp³-hybridized carbons (Fsp3) is 0.167. The van der Waals surface area contributed by atoms with E-state index >= 15 is 0 Å². The molecule has 153 valence electrons. The molecule has 3 aromatic rings. The average molecular weight is 410 g/mol. The van der Waals surface area contributed by atoms with Gasteiger partial charge in [0.1, 0.15) is 0 Å². The van der Waals surface area contributed by atoms with Crippen molar-refractivity contribution >= 4 is 45.6 Å².